The molecule has 0 aliphatic heterocycles. The average Bonchev–Trinajstić information content (AvgIpc) is 2.15. The van der Waals surface area contributed by atoms with Crippen LogP contribution in [0.5, 0.6) is 0 Å². The van der Waals surface area contributed by atoms with Gasteiger partial charge in [0.05, 0.1) is 0 Å². The van der Waals surface area contributed by atoms with Gasteiger partial charge in [0, 0.05) is 12.5 Å². The van der Waals surface area contributed by atoms with Gasteiger partial charge in [-0.1, -0.05) is 26.2 Å². The monoisotopic (exact) mass is 168 g/mol. The zero-order valence-electron chi connectivity index (χ0n) is 7.81. The van der Waals surface area contributed by atoms with E-state index in [-0.39, 0.29) is 5.91 Å². The first-order chi connectivity index (χ1) is 5.84. The van der Waals surface area contributed by atoms with Crippen LogP contribution < -0.4 is 5.32 Å². The van der Waals surface area contributed by atoms with Gasteiger partial charge in [0.25, 0.3) is 0 Å². The summed E-state index contributed by atoms with van der Waals surface area (Å²) in [7, 11) is 0. The molecule has 0 unspecified atom stereocenters. The van der Waals surface area contributed by atoms with Crippen molar-refractivity contribution in [1.29, 1.82) is 0 Å². The van der Waals surface area contributed by atoms with E-state index in [1.54, 1.807) is 0 Å². The Morgan fingerprint density at radius 2 is 2.08 bits per heavy atom. The Bertz CT molecular complexity index is 139. The van der Waals surface area contributed by atoms with Gasteiger partial charge in [0.15, 0.2) is 0 Å². The third-order valence-electron chi connectivity index (χ3n) is 2.42. The van der Waals surface area contributed by atoms with Gasteiger partial charge in [0.1, 0.15) is 0 Å². The molecule has 1 amide bonds. The van der Waals surface area contributed by atoms with Crippen molar-refractivity contribution in [2.45, 2.75) is 45.4 Å². The largest absolute Gasteiger partial charge is 0.351 e. The van der Waals surface area contributed by atoms with Gasteiger partial charge >= 0.3 is 0 Å². The summed E-state index contributed by atoms with van der Waals surface area (Å²) < 4.78 is 0. The number of rotatable bonds is 3. The third kappa shape index (κ3) is 2.84. The summed E-state index contributed by atoms with van der Waals surface area (Å²) >= 11 is 0. The van der Waals surface area contributed by atoms with Crippen molar-refractivity contribution in [1.82, 2.24) is 5.32 Å². The molecule has 1 radical (unpaired) electrons. The Kier molecular flexibility index (Phi) is 4.12. The van der Waals surface area contributed by atoms with E-state index >= 15 is 0 Å². The maximum Gasteiger partial charge on any atom is 0.223 e. The van der Waals surface area contributed by atoms with Crippen LogP contribution in [0.1, 0.15) is 45.4 Å². The lowest BCUT2D eigenvalue weighted by Crippen LogP contribution is -2.29. The van der Waals surface area contributed by atoms with Gasteiger partial charge < -0.3 is 5.32 Å². The van der Waals surface area contributed by atoms with Crippen molar-refractivity contribution in [2.24, 2.45) is 5.92 Å². The fraction of sp³-hybridized carbons (Fsp3) is 0.800. The van der Waals surface area contributed by atoms with E-state index in [1.165, 1.54) is 19.3 Å². The Hall–Kier alpha value is -0.530. The predicted octanol–water partition coefficient (Wildman–Crippen LogP) is 2.25. The SMILES string of the molecule is CC[CH]NC(=O)C1CCCCC1. The molecule has 1 N–H and O–H groups in total. The number of hydrogen-bond donors (Lipinski definition) is 1. The Labute approximate surface area is 74.7 Å². The summed E-state index contributed by atoms with van der Waals surface area (Å²) in [6.45, 7) is 3.87. The molecule has 0 saturated heterocycles. The molecule has 1 aliphatic carbocycles. The predicted molar refractivity (Wildman–Crippen MR) is 49.3 cm³/mol. The molecule has 0 heterocycles. The highest BCUT2D eigenvalue weighted by Crippen LogP contribution is 2.23. The zero-order chi connectivity index (χ0) is 8.81. The van der Waals surface area contributed by atoms with E-state index in [2.05, 4.69) is 5.32 Å². The summed E-state index contributed by atoms with van der Waals surface area (Å²) in [6.07, 6.45) is 6.85. The first-order valence-corrected chi connectivity index (χ1v) is 4.96. The summed E-state index contributed by atoms with van der Waals surface area (Å²) in [6, 6.07) is 0. The van der Waals surface area contributed by atoms with Crippen molar-refractivity contribution in [3.05, 3.63) is 6.54 Å². The summed E-state index contributed by atoms with van der Waals surface area (Å²) in [4.78, 5) is 11.4. The molecule has 2 heteroatoms. The lowest BCUT2D eigenvalue weighted by Gasteiger charge is -2.20. The standard InChI is InChI=1S/C10H18NO/c1-2-8-11-10(12)9-6-4-3-5-7-9/h8-9H,2-7H2,1H3,(H,11,12). The quantitative estimate of drug-likeness (QED) is 0.688. The van der Waals surface area contributed by atoms with Gasteiger partial charge in [-0.2, -0.15) is 0 Å². The minimum Gasteiger partial charge on any atom is -0.351 e. The van der Waals surface area contributed by atoms with Gasteiger partial charge in [-0.05, 0) is 19.3 Å². The second kappa shape index (κ2) is 5.18. The highest BCUT2D eigenvalue weighted by Gasteiger charge is 2.19. The van der Waals surface area contributed by atoms with E-state index in [9.17, 15) is 4.79 Å². The number of amides is 1. The van der Waals surface area contributed by atoms with Crippen molar-refractivity contribution in [3.63, 3.8) is 0 Å². The summed E-state index contributed by atoms with van der Waals surface area (Å²) in [5.41, 5.74) is 0. The normalized spacial score (nSPS) is 19.1. The second-order valence-corrected chi connectivity index (χ2v) is 3.46. The molecule has 0 aromatic rings. The summed E-state index contributed by atoms with van der Waals surface area (Å²) in [5, 5.41) is 2.84. The average molecular weight is 168 g/mol. The smallest absolute Gasteiger partial charge is 0.223 e. The molecule has 2 nitrogen and oxygen atoms in total. The van der Waals surface area contributed by atoms with Crippen molar-refractivity contribution >= 4 is 5.91 Å². The second-order valence-electron chi connectivity index (χ2n) is 3.46. The zero-order valence-corrected chi connectivity index (χ0v) is 7.81. The molecule has 0 atom stereocenters. The topological polar surface area (TPSA) is 29.1 Å². The van der Waals surface area contributed by atoms with Crippen LogP contribution in [0.25, 0.3) is 0 Å². The first-order valence-electron chi connectivity index (χ1n) is 4.96. The van der Waals surface area contributed by atoms with Gasteiger partial charge in [-0.15, -0.1) is 0 Å². The number of hydrogen-bond acceptors (Lipinski definition) is 1. The van der Waals surface area contributed by atoms with Crippen molar-refractivity contribution in [2.75, 3.05) is 0 Å². The van der Waals surface area contributed by atoms with E-state index in [0.717, 1.165) is 19.3 Å². The van der Waals surface area contributed by atoms with Crippen LogP contribution in [0, 0.1) is 12.5 Å². The molecule has 69 valence electrons. The highest BCUT2D eigenvalue weighted by atomic mass is 16.1. The Morgan fingerprint density at radius 3 is 2.67 bits per heavy atom. The molecule has 12 heavy (non-hydrogen) atoms. The van der Waals surface area contributed by atoms with Crippen LogP contribution in [0.4, 0.5) is 0 Å². The minimum absolute atomic E-state index is 0.233. The van der Waals surface area contributed by atoms with Crippen LogP contribution in [-0.2, 0) is 4.79 Å². The number of nitrogens with one attached hydrogen (secondary N) is 1. The van der Waals surface area contributed by atoms with Gasteiger partial charge in [-0.25, -0.2) is 0 Å². The van der Waals surface area contributed by atoms with Crippen molar-refractivity contribution < 1.29 is 4.79 Å². The fourth-order valence-electron chi connectivity index (χ4n) is 1.69. The third-order valence-corrected chi connectivity index (χ3v) is 2.42. The van der Waals surface area contributed by atoms with Gasteiger partial charge in [0.2, 0.25) is 5.91 Å². The van der Waals surface area contributed by atoms with E-state index in [0.29, 0.717) is 5.92 Å². The molecule has 0 aromatic carbocycles. The maximum absolute atomic E-state index is 11.4. The molecular formula is C10H18NO. The van der Waals surface area contributed by atoms with Crippen LogP contribution in [0.2, 0.25) is 0 Å². The van der Waals surface area contributed by atoms with Crippen LogP contribution in [-0.4, -0.2) is 5.91 Å². The lowest BCUT2D eigenvalue weighted by molar-refractivity contribution is -0.125. The van der Waals surface area contributed by atoms with E-state index in [4.69, 9.17) is 0 Å². The minimum atomic E-state index is 0.233. The first kappa shape index (κ1) is 9.56. The van der Waals surface area contributed by atoms with Crippen LogP contribution in [0.3, 0.4) is 0 Å². The molecule has 1 rings (SSSR count). The maximum atomic E-state index is 11.4. The summed E-state index contributed by atoms with van der Waals surface area (Å²) in [5.74, 6) is 0.526. The van der Waals surface area contributed by atoms with Gasteiger partial charge in [-0.3, -0.25) is 4.79 Å². The fourth-order valence-corrected chi connectivity index (χ4v) is 1.69. The van der Waals surface area contributed by atoms with Crippen molar-refractivity contribution in [3.8, 4) is 0 Å². The molecule has 0 aromatic heterocycles. The molecule has 1 saturated carbocycles. The van der Waals surface area contributed by atoms with E-state index in [1.807, 2.05) is 13.5 Å². The highest BCUT2D eigenvalue weighted by molar-refractivity contribution is 5.79. The number of carbonyl (C=O) groups is 1. The lowest BCUT2D eigenvalue weighted by atomic mass is 9.89. The van der Waals surface area contributed by atoms with E-state index < -0.39 is 0 Å². The molecule has 1 aliphatic rings. The van der Waals surface area contributed by atoms with Crippen LogP contribution >= 0.6 is 0 Å². The molecule has 0 spiro atoms. The number of carbonyl (C=O) groups excluding carboxylic acids is 1. The Morgan fingerprint density at radius 1 is 1.42 bits per heavy atom. The Balaban J connectivity index is 2.20. The molecule has 0 bridgehead atoms. The molecule has 1 fully saturated rings. The van der Waals surface area contributed by atoms with Crippen LogP contribution in [0.15, 0.2) is 0 Å². The molecular weight excluding hydrogens is 150 g/mol.